The zero-order valence-corrected chi connectivity index (χ0v) is 20.5. The lowest BCUT2D eigenvalue weighted by Gasteiger charge is -2.31. The van der Waals surface area contributed by atoms with Crippen molar-refractivity contribution in [1.29, 1.82) is 0 Å². The SMILES string of the molecule is CCc1ccc(OCCCCCOc2ccc(C(=O)N(C(C)C)C(C)C)c(OC)c2)cc1. The molecular weight excluding hydrogens is 402 g/mol. The van der Waals surface area contributed by atoms with Crippen LogP contribution in [-0.4, -0.2) is 43.2 Å². The Balaban J connectivity index is 1.78. The van der Waals surface area contributed by atoms with E-state index in [1.807, 2.05) is 50.8 Å². The molecule has 0 aromatic heterocycles. The molecule has 176 valence electrons. The van der Waals surface area contributed by atoms with Gasteiger partial charge in [-0.05, 0) is 83.2 Å². The Kier molecular flexibility index (Phi) is 10.4. The number of hydrogen-bond donors (Lipinski definition) is 0. The molecule has 0 radical (unpaired) electrons. The molecule has 0 aliphatic carbocycles. The predicted molar refractivity (Wildman–Crippen MR) is 130 cm³/mol. The van der Waals surface area contributed by atoms with Gasteiger partial charge in [-0.2, -0.15) is 0 Å². The van der Waals surface area contributed by atoms with Crippen LogP contribution in [0, 0.1) is 0 Å². The summed E-state index contributed by atoms with van der Waals surface area (Å²) in [6.07, 6.45) is 3.99. The number of carbonyl (C=O) groups excluding carboxylic acids is 1. The number of benzene rings is 2. The highest BCUT2D eigenvalue weighted by molar-refractivity contribution is 5.97. The molecule has 2 aromatic carbocycles. The third-order valence-corrected chi connectivity index (χ3v) is 5.41. The molecule has 0 aliphatic heterocycles. The Morgan fingerprint density at radius 3 is 1.94 bits per heavy atom. The summed E-state index contributed by atoms with van der Waals surface area (Å²) in [7, 11) is 1.58. The van der Waals surface area contributed by atoms with Gasteiger partial charge in [-0.25, -0.2) is 0 Å². The van der Waals surface area contributed by atoms with Crippen LogP contribution in [0.1, 0.15) is 69.8 Å². The van der Waals surface area contributed by atoms with Gasteiger partial charge >= 0.3 is 0 Å². The average molecular weight is 442 g/mol. The lowest BCUT2D eigenvalue weighted by Crippen LogP contribution is -2.42. The van der Waals surface area contributed by atoms with Crippen LogP contribution >= 0.6 is 0 Å². The zero-order valence-electron chi connectivity index (χ0n) is 20.5. The summed E-state index contributed by atoms with van der Waals surface area (Å²) in [5.41, 5.74) is 1.88. The van der Waals surface area contributed by atoms with Crippen molar-refractivity contribution in [3.63, 3.8) is 0 Å². The van der Waals surface area contributed by atoms with E-state index in [0.29, 0.717) is 30.3 Å². The molecule has 0 heterocycles. The maximum Gasteiger partial charge on any atom is 0.258 e. The molecule has 0 saturated carbocycles. The first-order chi connectivity index (χ1) is 15.4. The summed E-state index contributed by atoms with van der Waals surface area (Å²) in [6, 6.07) is 14.0. The van der Waals surface area contributed by atoms with Crippen LogP contribution in [0.15, 0.2) is 42.5 Å². The van der Waals surface area contributed by atoms with Gasteiger partial charge in [-0.3, -0.25) is 4.79 Å². The minimum absolute atomic E-state index is 0.0252. The van der Waals surface area contributed by atoms with E-state index in [1.165, 1.54) is 5.56 Å². The number of hydrogen-bond acceptors (Lipinski definition) is 4. The van der Waals surface area contributed by atoms with E-state index in [2.05, 4.69) is 19.1 Å². The van der Waals surface area contributed by atoms with E-state index in [4.69, 9.17) is 14.2 Å². The molecule has 2 aromatic rings. The molecule has 0 unspecified atom stereocenters. The largest absolute Gasteiger partial charge is 0.496 e. The highest BCUT2D eigenvalue weighted by atomic mass is 16.5. The highest BCUT2D eigenvalue weighted by Crippen LogP contribution is 2.27. The summed E-state index contributed by atoms with van der Waals surface area (Å²) in [6.45, 7) is 11.6. The minimum Gasteiger partial charge on any atom is -0.496 e. The maximum atomic E-state index is 13.0. The van der Waals surface area contributed by atoms with Crippen LogP contribution in [0.4, 0.5) is 0 Å². The maximum absolute atomic E-state index is 13.0. The molecule has 0 atom stereocenters. The number of ether oxygens (including phenoxy) is 3. The Morgan fingerprint density at radius 1 is 0.844 bits per heavy atom. The van der Waals surface area contributed by atoms with Gasteiger partial charge in [0.25, 0.3) is 5.91 Å². The van der Waals surface area contributed by atoms with Crippen LogP contribution < -0.4 is 14.2 Å². The molecule has 2 rings (SSSR count). The summed E-state index contributed by atoms with van der Waals surface area (Å²) >= 11 is 0. The number of nitrogens with zero attached hydrogens (tertiary/aromatic N) is 1. The van der Waals surface area contributed by atoms with Crippen molar-refractivity contribution < 1.29 is 19.0 Å². The standard InChI is InChI=1S/C27H39NO4/c1-7-22-11-13-23(14-12-22)31-17-9-8-10-18-32-24-15-16-25(26(19-24)30-6)27(29)28(20(2)3)21(4)5/h11-16,19-21H,7-10,17-18H2,1-6H3. The van der Waals surface area contributed by atoms with E-state index < -0.39 is 0 Å². The summed E-state index contributed by atoms with van der Waals surface area (Å²) in [5.74, 6) is 2.16. The Morgan fingerprint density at radius 2 is 1.41 bits per heavy atom. The number of unbranched alkanes of at least 4 members (excludes halogenated alkanes) is 2. The first kappa shape index (κ1) is 25.6. The normalized spacial score (nSPS) is 11.0. The van der Waals surface area contributed by atoms with Gasteiger partial charge in [0.15, 0.2) is 0 Å². The molecule has 0 spiro atoms. The molecular formula is C27H39NO4. The smallest absolute Gasteiger partial charge is 0.258 e. The molecule has 1 amide bonds. The second-order valence-corrected chi connectivity index (χ2v) is 8.52. The lowest BCUT2D eigenvalue weighted by molar-refractivity contribution is 0.0640. The fourth-order valence-electron chi connectivity index (χ4n) is 3.72. The zero-order chi connectivity index (χ0) is 23.5. The van der Waals surface area contributed by atoms with Crippen molar-refractivity contribution in [1.82, 2.24) is 4.90 Å². The summed E-state index contributed by atoms with van der Waals surface area (Å²) in [4.78, 5) is 14.9. The predicted octanol–water partition coefficient (Wildman–Crippen LogP) is 6.14. The van der Waals surface area contributed by atoms with E-state index in [0.717, 1.165) is 31.4 Å². The number of methoxy groups -OCH3 is 1. The number of rotatable bonds is 13. The van der Waals surface area contributed by atoms with E-state index in [-0.39, 0.29) is 18.0 Å². The third-order valence-electron chi connectivity index (χ3n) is 5.41. The fourth-order valence-corrected chi connectivity index (χ4v) is 3.72. The second-order valence-electron chi connectivity index (χ2n) is 8.52. The van der Waals surface area contributed by atoms with Gasteiger partial charge in [-0.1, -0.05) is 19.1 Å². The number of amides is 1. The van der Waals surface area contributed by atoms with Gasteiger partial charge in [0.05, 0.1) is 25.9 Å². The van der Waals surface area contributed by atoms with Gasteiger partial charge in [0, 0.05) is 18.2 Å². The van der Waals surface area contributed by atoms with Gasteiger partial charge in [-0.15, -0.1) is 0 Å². The van der Waals surface area contributed by atoms with Gasteiger partial charge in [0.1, 0.15) is 17.2 Å². The second kappa shape index (κ2) is 13.0. The van der Waals surface area contributed by atoms with E-state index in [1.54, 1.807) is 19.2 Å². The van der Waals surface area contributed by atoms with Crippen LogP contribution in [0.2, 0.25) is 0 Å². The average Bonchev–Trinajstić information content (AvgIpc) is 2.78. The molecule has 0 saturated heterocycles. The van der Waals surface area contributed by atoms with Crippen LogP contribution in [0.5, 0.6) is 17.2 Å². The quantitative estimate of drug-likeness (QED) is 0.350. The van der Waals surface area contributed by atoms with Crippen molar-refractivity contribution in [3.8, 4) is 17.2 Å². The molecule has 5 nitrogen and oxygen atoms in total. The monoisotopic (exact) mass is 441 g/mol. The Hall–Kier alpha value is -2.69. The van der Waals surface area contributed by atoms with Gasteiger partial charge in [0.2, 0.25) is 0 Å². The van der Waals surface area contributed by atoms with Crippen molar-refractivity contribution in [3.05, 3.63) is 53.6 Å². The number of aryl methyl sites for hydroxylation is 1. The molecule has 0 aliphatic rings. The van der Waals surface area contributed by atoms with Crippen LogP contribution in [0.3, 0.4) is 0 Å². The first-order valence-corrected chi connectivity index (χ1v) is 11.7. The Bertz CT molecular complexity index is 822. The molecule has 0 fully saturated rings. The fraction of sp³-hybridized carbons (Fsp3) is 0.519. The topological polar surface area (TPSA) is 48.0 Å². The van der Waals surface area contributed by atoms with Crippen molar-refractivity contribution >= 4 is 5.91 Å². The number of carbonyl (C=O) groups is 1. The van der Waals surface area contributed by atoms with Crippen molar-refractivity contribution in [2.45, 2.75) is 72.4 Å². The summed E-state index contributed by atoms with van der Waals surface area (Å²) < 4.78 is 17.2. The Labute approximate surface area is 193 Å². The van der Waals surface area contributed by atoms with Crippen molar-refractivity contribution in [2.24, 2.45) is 0 Å². The van der Waals surface area contributed by atoms with Crippen LogP contribution in [-0.2, 0) is 6.42 Å². The highest BCUT2D eigenvalue weighted by Gasteiger charge is 2.24. The minimum atomic E-state index is -0.0252. The van der Waals surface area contributed by atoms with Crippen LogP contribution in [0.25, 0.3) is 0 Å². The van der Waals surface area contributed by atoms with Crippen molar-refractivity contribution in [2.75, 3.05) is 20.3 Å². The molecule has 0 N–H and O–H groups in total. The molecule has 32 heavy (non-hydrogen) atoms. The first-order valence-electron chi connectivity index (χ1n) is 11.7. The van der Waals surface area contributed by atoms with E-state index >= 15 is 0 Å². The summed E-state index contributed by atoms with van der Waals surface area (Å²) in [5, 5.41) is 0. The van der Waals surface area contributed by atoms with E-state index in [9.17, 15) is 4.79 Å². The molecule has 5 heteroatoms. The lowest BCUT2D eigenvalue weighted by atomic mass is 10.1. The third kappa shape index (κ3) is 7.47. The molecule has 0 bridgehead atoms. The van der Waals surface area contributed by atoms with Gasteiger partial charge < -0.3 is 19.1 Å².